The summed E-state index contributed by atoms with van der Waals surface area (Å²) in [4.78, 5) is 42.4. The molecule has 8 bridgehead atoms. The predicted molar refractivity (Wildman–Crippen MR) is 165 cm³/mol. The maximum absolute atomic E-state index is 11.4. The van der Waals surface area contributed by atoms with Gasteiger partial charge in [-0.3, -0.25) is 0 Å². The van der Waals surface area contributed by atoms with E-state index in [0.717, 1.165) is 61.3 Å². The van der Waals surface area contributed by atoms with Crippen LogP contribution in [0.5, 0.6) is 0 Å². The average Bonchev–Trinajstić information content (AvgIpc) is 3.59. The molecule has 0 unspecified atom stereocenters. The molecule has 0 spiro atoms. The number of aliphatic carboxylic acids is 2. The first-order valence-electron chi connectivity index (χ1n) is 13.7. The Balaban J connectivity index is 0.00000264. The zero-order valence-electron chi connectivity index (χ0n) is 26.9. The molecule has 1 radical (unpaired) electrons. The van der Waals surface area contributed by atoms with Gasteiger partial charge >= 0.3 is 19.9 Å². The molecule has 0 saturated carbocycles. The van der Waals surface area contributed by atoms with Crippen LogP contribution < -0.4 is 20.2 Å². The van der Waals surface area contributed by atoms with E-state index in [4.69, 9.17) is 19.9 Å². The topological polar surface area (TPSA) is 164 Å². The zero-order valence-corrected chi connectivity index (χ0v) is 26.0. The van der Waals surface area contributed by atoms with Crippen LogP contribution in [-0.2, 0) is 33.1 Å². The number of nitrogens with zero attached hydrogens (tertiary/aromatic N) is 4. The van der Waals surface area contributed by atoms with Gasteiger partial charge in [0.2, 0.25) is 0 Å². The molecule has 2 aliphatic rings. The number of hydrogen-bond acceptors (Lipinski definition) is 7. The molecule has 10 heteroatoms. The second-order valence-corrected chi connectivity index (χ2v) is 10.5. The molecule has 0 saturated heterocycles. The van der Waals surface area contributed by atoms with Crippen LogP contribution in [0, 0.1) is 13.8 Å². The summed E-state index contributed by atoms with van der Waals surface area (Å²) in [6, 6.07) is 7.52. The van der Waals surface area contributed by atoms with Crippen LogP contribution in [0.3, 0.4) is 0 Å². The van der Waals surface area contributed by atoms with Crippen molar-refractivity contribution in [1.82, 2.24) is 19.9 Å². The Morgan fingerprint density at radius 1 is 0.750 bits per heavy atom. The fourth-order valence-corrected chi connectivity index (χ4v) is 5.60. The van der Waals surface area contributed by atoms with Crippen LogP contribution in [0.1, 0.15) is 81.0 Å². The molecule has 3 aromatic rings. The molecule has 0 fully saturated rings. The minimum atomic E-state index is -1.16. The van der Waals surface area contributed by atoms with E-state index < -0.39 is 11.9 Å². The average molecular weight is 634 g/mol. The van der Waals surface area contributed by atoms with E-state index in [2.05, 4.69) is 13.2 Å². The molecule has 9 nitrogen and oxygen atoms in total. The fraction of sp³-hybridized carbons (Fsp3) is 0.235. The van der Waals surface area contributed by atoms with Crippen LogP contribution in [-0.4, -0.2) is 27.4 Å². The van der Waals surface area contributed by atoms with Gasteiger partial charge in [-0.2, -0.15) is 0 Å². The Morgan fingerprint density at radius 2 is 1.27 bits per heavy atom. The molecule has 0 atom stereocenters. The maximum atomic E-state index is 11.4. The summed E-state index contributed by atoms with van der Waals surface area (Å²) in [6.07, 6.45) is 3.65. The first-order chi connectivity index (χ1) is 20.0. The van der Waals surface area contributed by atoms with E-state index in [1.807, 2.05) is 45.9 Å². The van der Waals surface area contributed by atoms with E-state index in [0.29, 0.717) is 28.1 Å². The summed E-state index contributed by atoms with van der Waals surface area (Å²) in [6.45, 7) is 15.8. The Morgan fingerprint density at radius 3 is 1.91 bits per heavy atom. The minimum absolute atomic E-state index is 0. The number of allylic oxidation sites excluding steroid dienone is 5. The van der Waals surface area contributed by atoms with Gasteiger partial charge in [0.05, 0.1) is 22.8 Å². The van der Waals surface area contributed by atoms with Gasteiger partial charge in [-0.05, 0) is 75.7 Å². The Kier molecular flexibility index (Phi) is 10.4. The van der Waals surface area contributed by atoms with Crippen LogP contribution in [0.15, 0.2) is 43.5 Å². The van der Waals surface area contributed by atoms with E-state index in [1.165, 1.54) is 0 Å². The molecule has 2 aliphatic heterocycles. The Bertz CT molecular complexity index is 1940. The number of carbonyl (C=O) groups excluding carboxylic acids is 2. The number of fused-ring (bicyclic) bond motifs is 8. The van der Waals surface area contributed by atoms with Gasteiger partial charge in [-0.15, -0.1) is 22.1 Å². The van der Waals surface area contributed by atoms with Crippen molar-refractivity contribution in [2.75, 3.05) is 0 Å². The third kappa shape index (κ3) is 6.24. The number of hydrogen-bond donors (Lipinski definition) is 0. The molecule has 0 aliphatic carbocycles. The van der Waals surface area contributed by atoms with Gasteiger partial charge < -0.3 is 35.2 Å². The Labute approximate surface area is 268 Å². The van der Waals surface area contributed by atoms with E-state index in [1.54, 1.807) is 18.2 Å². The number of aryl methyl sites for hydroxylation is 3. The molecule has 3 aromatic heterocycles. The summed E-state index contributed by atoms with van der Waals surface area (Å²) >= 11 is 0. The minimum Gasteiger partial charge on any atom is -0.870 e. The van der Waals surface area contributed by atoms with Crippen molar-refractivity contribution >= 4 is 62.4 Å². The standard InChI is InChI=1S/C34H34N4O4.Fe.H2O/c1-7-21-17(3)25-13-26-19(5)23(9-11-33(39)40)31(37-26)16-32-24(10-12-34(41)42)20(6)28(38-32)15-30-22(8-2)18(4)27(36-30)14-29(21)35-25;;/h7-8,13-16H,1-2,9-12H2,3-6H3,(H4,35,36,37,38,39,40,41,42);;1H2/q;+3;/p-3. The van der Waals surface area contributed by atoms with Gasteiger partial charge in [0, 0.05) is 17.5 Å². The maximum Gasteiger partial charge on any atom is 3.00 e. The van der Waals surface area contributed by atoms with Gasteiger partial charge in [0.15, 0.2) is 0 Å². The number of rotatable bonds is 8. The van der Waals surface area contributed by atoms with Crippen LogP contribution in [0.2, 0.25) is 0 Å². The third-order valence-corrected chi connectivity index (χ3v) is 8.04. The van der Waals surface area contributed by atoms with Crippen molar-refractivity contribution in [3.63, 3.8) is 0 Å². The largest absolute Gasteiger partial charge is 3.00 e. The van der Waals surface area contributed by atoms with Crippen molar-refractivity contribution in [3.05, 3.63) is 88.5 Å². The molecular weight excluding hydrogens is 600 g/mol. The molecule has 1 N–H and O–H groups in total. The summed E-state index contributed by atoms with van der Waals surface area (Å²) in [7, 11) is 0. The molecule has 44 heavy (non-hydrogen) atoms. The number of carbonyl (C=O) groups is 2. The number of carboxylic acids is 2. The number of aromatic nitrogens is 4. The SMILES string of the molecule is C=CC1=C(C)c2cc3[n-]c(cc4nc(cc5[n-]c(cc1n2)c(C)c5CCC(=O)[O-])C(CCC(=O)[O-])=C4C)c(C)c3C=C.[Fe+3].[H+].[H+].[OH-]. The monoisotopic (exact) mass is 633 g/mol. The van der Waals surface area contributed by atoms with Gasteiger partial charge in [0.25, 0.3) is 0 Å². The van der Waals surface area contributed by atoms with Crippen molar-refractivity contribution in [3.8, 4) is 0 Å². The first-order valence-corrected chi connectivity index (χ1v) is 13.7. The fourth-order valence-electron chi connectivity index (χ4n) is 5.60. The zero-order chi connectivity index (χ0) is 30.3. The van der Waals surface area contributed by atoms with Gasteiger partial charge in [-0.1, -0.05) is 66.3 Å². The summed E-state index contributed by atoms with van der Waals surface area (Å²) in [5.41, 5.74) is 12.2. The smallest absolute Gasteiger partial charge is 0.870 e. The van der Waals surface area contributed by atoms with E-state index >= 15 is 0 Å². The molecular formula is C34H33FeN4O5. The van der Waals surface area contributed by atoms with Gasteiger partial charge in [-0.25, -0.2) is 9.97 Å². The van der Waals surface area contributed by atoms with Crippen molar-refractivity contribution in [1.29, 1.82) is 0 Å². The third-order valence-electron chi connectivity index (χ3n) is 8.04. The molecule has 5 heterocycles. The van der Waals surface area contributed by atoms with Crippen LogP contribution in [0.25, 0.3) is 50.4 Å². The van der Waals surface area contributed by atoms with Crippen molar-refractivity contribution in [2.45, 2.75) is 53.4 Å². The summed E-state index contributed by atoms with van der Waals surface area (Å²) < 4.78 is 0. The van der Waals surface area contributed by atoms with Crippen LogP contribution in [0.4, 0.5) is 0 Å². The first kappa shape index (κ1) is 34.0. The van der Waals surface area contributed by atoms with Gasteiger partial charge in [0.1, 0.15) is 0 Å². The predicted octanol–water partition coefficient (Wildman–Crippen LogP) is 4.14. The van der Waals surface area contributed by atoms with E-state index in [-0.39, 0.29) is 51.1 Å². The van der Waals surface area contributed by atoms with Crippen molar-refractivity contribution < 1.29 is 45.2 Å². The molecule has 0 amide bonds. The van der Waals surface area contributed by atoms with Crippen LogP contribution >= 0.6 is 0 Å². The Hall–Kier alpha value is -4.50. The summed E-state index contributed by atoms with van der Waals surface area (Å²) in [5, 5.41) is 22.8. The normalized spacial score (nSPS) is 12.5. The number of carboxylic acid groups (broad SMARTS) is 2. The molecule has 5 rings (SSSR count). The van der Waals surface area contributed by atoms with E-state index in [9.17, 15) is 19.8 Å². The second kappa shape index (κ2) is 13.4. The molecule has 0 aromatic carbocycles. The van der Waals surface area contributed by atoms with Crippen molar-refractivity contribution in [2.24, 2.45) is 0 Å². The molecule has 227 valence electrons. The second-order valence-electron chi connectivity index (χ2n) is 10.5. The summed E-state index contributed by atoms with van der Waals surface area (Å²) in [5.74, 6) is -2.31. The quantitative estimate of drug-likeness (QED) is 0.332.